The van der Waals surface area contributed by atoms with Crippen molar-refractivity contribution in [3.63, 3.8) is 0 Å². The van der Waals surface area contributed by atoms with Gasteiger partial charge in [0, 0.05) is 37.1 Å². The Balaban J connectivity index is 1.35. The van der Waals surface area contributed by atoms with Crippen LogP contribution in [-0.4, -0.2) is 68.0 Å². The lowest BCUT2D eigenvalue weighted by atomic mass is 10.0. The molecule has 0 saturated carbocycles. The molecule has 0 N–H and O–H groups in total. The van der Waals surface area contributed by atoms with Crippen molar-refractivity contribution < 1.29 is 14.0 Å². The van der Waals surface area contributed by atoms with Gasteiger partial charge in [-0.3, -0.25) is 9.59 Å². The van der Waals surface area contributed by atoms with Gasteiger partial charge in [0.1, 0.15) is 18.5 Å². The average Bonchev–Trinajstić information content (AvgIpc) is 3.33. The van der Waals surface area contributed by atoms with Gasteiger partial charge in [0.05, 0.1) is 12.7 Å². The monoisotopic (exact) mass is 382 g/mol. The maximum absolute atomic E-state index is 12.7. The average molecular weight is 382 g/mol. The molecule has 1 saturated heterocycles. The number of furan rings is 1. The molecule has 28 heavy (non-hydrogen) atoms. The van der Waals surface area contributed by atoms with Crippen LogP contribution in [0.1, 0.15) is 16.7 Å². The highest BCUT2D eigenvalue weighted by Gasteiger charge is 2.25. The third-order valence-corrected chi connectivity index (χ3v) is 5.29. The molecule has 9 nitrogen and oxygen atoms in total. The predicted octanol–water partition coefficient (Wildman–Crippen LogP) is 0.950. The van der Waals surface area contributed by atoms with E-state index in [4.69, 9.17) is 4.42 Å². The van der Waals surface area contributed by atoms with E-state index in [9.17, 15) is 9.59 Å². The molecule has 3 aromatic rings. The van der Waals surface area contributed by atoms with E-state index in [1.165, 1.54) is 22.1 Å². The van der Waals surface area contributed by atoms with E-state index in [2.05, 4.69) is 28.5 Å². The number of tetrazole rings is 1. The van der Waals surface area contributed by atoms with Crippen molar-refractivity contribution in [3.05, 3.63) is 41.4 Å². The molecule has 2 amide bonds. The van der Waals surface area contributed by atoms with Gasteiger partial charge >= 0.3 is 0 Å². The van der Waals surface area contributed by atoms with Crippen LogP contribution in [0.2, 0.25) is 0 Å². The molecule has 0 atom stereocenters. The van der Waals surface area contributed by atoms with Crippen molar-refractivity contribution in [3.8, 4) is 0 Å². The summed E-state index contributed by atoms with van der Waals surface area (Å²) in [6.45, 7) is 6.28. The molecular formula is C19H22N6O3. The van der Waals surface area contributed by atoms with Crippen LogP contribution in [0.5, 0.6) is 0 Å². The standard InChI is InChI=1S/C19H22N6O3/c1-13-7-16-15(11-28-17(16)8-14(13)2)9-18(26)23-3-5-24(6-4-23)19(27)10-25-12-20-21-22-25/h7-8,11-12H,3-6,9-10H2,1-2H3. The maximum atomic E-state index is 12.7. The first-order valence-corrected chi connectivity index (χ1v) is 9.25. The van der Waals surface area contributed by atoms with E-state index in [0.717, 1.165) is 16.5 Å². The van der Waals surface area contributed by atoms with Gasteiger partial charge in [-0.1, -0.05) is 0 Å². The second-order valence-electron chi connectivity index (χ2n) is 7.14. The number of aromatic nitrogens is 4. The number of hydrogen-bond acceptors (Lipinski definition) is 6. The molecule has 146 valence electrons. The number of carbonyl (C=O) groups is 2. The fraction of sp³-hybridized carbons (Fsp3) is 0.421. The first kappa shape index (κ1) is 18.1. The molecule has 1 fully saturated rings. The summed E-state index contributed by atoms with van der Waals surface area (Å²) in [5.41, 5.74) is 4.06. The van der Waals surface area contributed by atoms with E-state index < -0.39 is 0 Å². The van der Waals surface area contributed by atoms with Gasteiger partial charge in [0.15, 0.2) is 0 Å². The zero-order valence-electron chi connectivity index (χ0n) is 16.0. The molecule has 0 spiro atoms. The summed E-state index contributed by atoms with van der Waals surface area (Å²) < 4.78 is 7.03. The number of rotatable bonds is 4. The van der Waals surface area contributed by atoms with E-state index in [-0.39, 0.29) is 18.4 Å². The Morgan fingerprint density at radius 1 is 1.04 bits per heavy atom. The molecule has 1 aliphatic rings. The first-order valence-electron chi connectivity index (χ1n) is 9.25. The number of aryl methyl sites for hydroxylation is 2. The highest BCUT2D eigenvalue weighted by molar-refractivity contribution is 5.88. The second kappa shape index (κ2) is 7.41. The third-order valence-electron chi connectivity index (χ3n) is 5.29. The molecule has 0 unspecified atom stereocenters. The maximum Gasteiger partial charge on any atom is 0.244 e. The lowest BCUT2D eigenvalue weighted by Crippen LogP contribution is -2.51. The van der Waals surface area contributed by atoms with Gasteiger partial charge < -0.3 is 14.2 Å². The fourth-order valence-corrected chi connectivity index (χ4v) is 3.44. The van der Waals surface area contributed by atoms with E-state index in [1.807, 2.05) is 13.0 Å². The zero-order chi connectivity index (χ0) is 19.7. The number of nitrogens with zero attached hydrogens (tertiary/aromatic N) is 6. The summed E-state index contributed by atoms with van der Waals surface area (Å²) in [4.78, 5) is 28.6. The third kappa shape index (κ3) is 3.60. The van der Waals surface area contributed by atoms with Gasteiger partial charge in [-0.05, 0) is 47.5 Å². The van der Waals surface area contributed by atoms with Gasteiger partial charge in [-0.2, -0.15) is 0 Å². The van der Waals surface area contributed by atoms with Crippen LogP contribution in [0.3, 0.4) is 0 Å². The van der Waals surface area contributed by atoms with Crippen molar-refractivity contribution in [1.29, 1.82) is 0 Å². The van der Waals surface area contributed by atoms with Crippen LogP contribution >= 0.6 is 0 Å². The Hall–Kier alpha value is -3.23. The summed E-state index contributed by atoms with van der Waals surface area (Å²) in [7, 11) is 0. The quantitative estimate of drug-likeness (QED) is 0.666. The predicted molar refractivity (Wildman–Crippen MR) is 100 cm³/mol. The minimum Gasteiger partial charge on any atom is -0.464 e. The highest BCUT2D eigenvalue weighted by Crippen LogP contribution is 2.25. The summed E-state index contributed by atoms with van der Waals surface area (Å²) in [5, 5.41) is 11.7. The van der Waals surface area contributed by atoms with E-state index in [1.54, 1.807) is 16.1 Å². The largest absolute Gasteiger partial charge is 0.464 e. The minimum atomic E-state index is -0.0499. The SMILES string of the molecule is Cc1cc2occ(CC(=O)N3CCN(C(=O)Cn4cnnn4)CC3)c2cc1C. The molecule has 0 radical (unpaired) electrons. The smallest absolute Gasteiger partial charge is 0.244 e. The Kier molecular flexibility index (Phi) is 4.81. The second-order valence-corrected chi connectivity index (χ2v) is 7.14. The van der Waals surface area contributed by atoms with E-state index in [0.29, 0.717) is 32.6 Å². The van der Waals surface area contributed by atoms with Crippen molar-refractivity contribution in [1.82, 2.24) is 30.0 Å². The number of benzene rings is 1. The molecule has 0 bridgehead atoms. The Morgan fingerprint density at radius 3 is 2.39 bits per heavy atom. The molecule has 3 heterocycles. The normalized spacial score (nSPS) is 14.6. The summed E-state index contributed by atoms with van der Waals surface area (Å²) in [6.07, 6.45) is 3.39. The Bertz CT molecular complexity index is 1000. The Labute approximate surface area is 161 Å². The van der Waals surface area contributed by atoms with Gasteiger partial charge in [-0.25, -0.2) is 4.68 Å². The summed E-state index contributed by atoms with van der Waals surface area (Å²) >= 11 is 0. The molecule has 0 aliphatic carbocycles. The van der Waals surface area contributed by atoms with Crippen LogP contribution in [0.4, 0.5) is 0 Å². The summed E-state index contributed by atoms with van der Waals surface area (Å²) in [5.74, 6) is -0.000393. The number of hydrogen-bond donors (Lipinski definition) is 0. The first-order chi connectivity index (χ1) is 13.5. The van der Waals surface area contributed by atoms with Crippen molar-refractivity contribution >= 4 is 22.8 Å². The Morgan fingerprint density at radius 2 is 1.71 bits per heavy atom. The molecule has 2 aromatic heterocycles. The molecule has 9 heteroatoms. The molecule has 1 aliphatic heterocycles. The topological polar surface area (TPSA) is 97.4 Å². The summed E-state index contributed by atoms with van der Waals surface area (Å²) in [6, 6.07) is 4.08. The van der Waals surface area contributed by atoms with Crippen molar-refractivity contribution in [2.45, 2.75) is 26.8 Å². The van der Waals surface area contributed by atoms with Crippen LogP contribution in [0.15, 0.2) is 29.1 Å². The highest BCUT2D eigenvalue weighted by atomic mass is 16.3. The van der Waals surface area contributed by atoms with Crippen LogP contribution in [0.25, 0.3) is 11.0 Å². The van der Waals surface area contributed by atoms with Gasteiger partial charge in [0.2, 0.25) is 11.8 Å². The van der Waals surface area contributed by atoms with E-state index >= 15 is 0 Å². The fourth-order valence-electron chi connectivity index (χ4n) is 3.44. The van der Waals surface area contributed by atoms with Crippen LogP contribution < -0.4 is 0 Å². The lowest BCUT2D eigenvalue weighted by Gasteiger charge is -2.34. The molecule has 4 rings (SSSR count). The van der Waals surface area contributed by atoms with Crippen molar-refractivity contribution in [2.24, 2.45) is 0 Å². The number of amides is 2. The van der Waals surface area contributed by atoms with Crippen LogP contribution in [0, 0.1) is 13.8 Å². The number of fused-ring (bicyclic) bond motifs is 1. The van der Waals surface area contributed by atoms with Crippen molar-refractivity contribution in [2.75, 3.05) is 26.2 Å². The van der Waals surface area contributed by atoms with Gasteiger partial charge in [0.25, 0.3) is 0 Å². The van der Waals surface area contributed by atoms with Crippen LogP contribution in [-0.2, 0) is 22.6 Å². The number of piperazine rings is 1. The lowest BCUT2D eigenvalue weighted by molar-refractivity contribution is -0.139. The minimum absolute atomic E-state index is 0.0495. The molecular weight excluding hydrogens is 360 g/mol. The number of carbonyl (C=O) groups excluding carboxylic acids is 2. The van der Waals surface area contributed by atoms with Gasteiger partial charge in [-0.15, -0.1) is 5.10 Å². The molecule has 1 aromatic carbocycles. The zero-order valence-corrected chi connectivity index (χ0v) is 16.0.